The van der Waals surface area contributed by atoms with Crippen molar-refractivity contribution in [1.82, 2.24) is 9.88 Å². The van der Waals surface area contributed by atoms with E-state index < -0.39 is 0 Å². The average molecular weight is 358 g/mol. The van der Waals surface area contributed by atoms with Crippen molar-refractivity contribution in [2.75, 3.05) is 26.7 Å². The van der Waals surface area contributed by atoms with E-state index in [-0.39, 0.29) is 0 Å². The number of piperidine rings is 1. The Morgan fingerprint density at radius 1 is 1.20 bits per heavy atom. The van der Waals surface area contributed by atoms with Crippen LogP contribution in [0, 0.1) is 0 Å². The molecule has 4 nitrogen and oxygen atoms in total. The van der Waals surface area contributed by atoms with Crippen LogP contribution in [0.15, 0.2) is 53.8 Å². The summed E-state index contributed by atoms with van der Waals surface area (Å²) in [6.07, 6.45) is 5.08. The Morgan fingerprint density at radius 3 is 2.60 bits per heavy atom. The van der Waals surface area contributed by atoms with E-state index in [2.05, 4.69) is 27.2 Å². The first-order valence-corrected chi connectivity index (χ1v) is 9.13. The molecule has 2 heterocycles. The van der Waals surface area contributed by atoms with E-state index in [1.807, 2.05) is 36.5 Å². The van der Waals surface area contributed by atoms with Crippen LogP contribution in [0.25, 0.3) is 0 Å². The van der Waals surface area contributed by atoms with Gasteiger partial charge in [0.25, 0.3) is 0 Å². The highest BCUT2D eigenvalue weighted by atomic mass is 35.5. The van der Waals surface area contributed by atoms with Gasteiger partial charge in [0.15, 0.2) is 0 Å². The molecular formula is C20H24ClN3O. The first kappa shape index (κ1) is 17.9. The second-order valence-electron chi connectivity index (χ2n) is 6.35. The molecule has 0 unspecified atom stereocenters. The van der Waals surface area contributed by atoms with Crippen LogP contribution in [0.2, 0.25) is 5.02 Å². The first-order valence-electron chi connectivity index (χ1n) is 8.75. The Balaban J connectivity index is 1.53. The number of benzene rings is 1. The zero-order valence-electron chi connectivity index (χ0n) is 14.6. The molecule has 0 spiro atoms. The summed E-state index contributed by atoms with van der Waals surface area (Å²) in [6, 6.07) is 14.0. The number of pyridine rings is 1. The number of aromatic nitrogens is 1. The van der Waals surface area contributed by atoms with E-state index in [1.54, 1.807) is 7.11 Å². The zero-order chi connectivity index (χ0) is 17.5. The molecule has 0 radical (unpaired) electrons. The minimum Gasteiger partial charge on any atom is -0.399 e. The zero-order valence-corrected chi connectivity index (χ0v) is 15.3. The lowest BCUT2D eigenvalue weighted by Gasteiger charge is -2.31. The molecule has 1 aromatic carbocycles. The molecule has 1 aliphatic rings. The molecule has 3 rings (SSSR count). The van der Waals surface area contributed by atoms with Crippen molar-refractivity contribution >= 4 is 17.3 Å². The Kier molecular flexibility index (Phi) is 6.42. The maximum absolute atomic E-state index is 5.97. The van der Waals surface area contributed by atoms with Gasteiger partial charge in [-0.2, -0.15) is 0 Å². The van der Waals surface area contributed by atoms with Gasteiger partial charge in [0.2, 0.25) is 0 Å². The third-order valence-electron chi connectivity index (χ3n) is 4.74. The molecular weight excluding hydrogens is 334 g/mol. The monoisotopic (exact) mass is 357 g/mol. The van der Waals surface area contributed by atoms with E-state index in [0.29, 0.717) is 5.92 Å². The van der Waals surface area contributed by atoms with Gasteiger partial charge in [-0.25, -0.2) is 0 Å². The third kappa shape index (κ3) is 5.03. The molecule has 25 heavy (non-hydrogen) atoms. The maximum Gasteiger partial charge on any atom is 0.106 e. The van der Waals surface area contributed by atoms with E-state index in [0.717, 1.165) is 55.2 Å². The first-order chi connectivity index (χ1) is 12.3. The van der Waals surface area contributed by atoms with Gasteiger partial charge in [-0.3, -0.25) is 4.98 Å². The minimum absolute atomic E-state index is 0.584. The normalized spacial score (nSPS) is 16.8. The molecule has 0 aliphatic carbocycles. The summed E-state index contributed by atoms with van der Waals surface area (Å²) in [5.74, 6) is 0.584. The van der Waals surface area contributed by atoms with Crippen LogP contribution in [0.5, 0.6) is 0 Å². The van der Waals surface area contributed by atoms with E-state index in [1.165, 1.54) is 5.69 Å². The van der Waals surface area contributed by atoms with Crippen molar-refractivity contribution in [2.45, 2.75) is 25.2 Å². The lowest BCUT2D eigenvalue weighted by Crippen LogP contribution is -2.34. The Morgan fingerprint density at radius 2 is 1.96 bits per heavy atom. The fraction of sp³-hybridized carbons (Fsp3) is 0.400. The molecule has 0 amide bonds. The number of likely N-dealkylation sites (tertiary alicyclic amines) is 1. The molecule has 2 aromatic rings. The fourth-order valence-corrected chi connectivity index (χ4v) is 3.45. The molecule has 0 atom stereocenters. The van der Waals surface area contributed by atoms with Crippen molar-refractivity contribution < 1.29 is 4.84 Å². The SMILES string of the molecule is CO/N=C(/CCN1CCC(c2ccccn2)CC1)c1ccc(Cl)cc1. The predicted octanol–water partition coefficient (Wildman–Crippen LogP) is 4.36. The van der Waals surface area contributed by atoms with E-state index in [4.69, 9.17) is 16.4 Å². The van der Waals surface area contributed by atoms with Crippen LogP contribution in [-0.4, -0.2) is 42.3 Å². The molecule has 132 valence electrons. The number of rotatable bonds is 6. The van der Waals surface area contributed by atoms with Crippen LogP contribution in [0.1, 0.15) is 36.4 Å². The second-order valence-corrected chi connectivity index (χ2v) is 6.78. The summed E-state index contributed by atoms with van der Waals surface area (Å²) in [7, 11) is 1.59. The summed E-state index contributed by atoms with van der Waals surface area (Å²) >= 11 is 5.97. The van der Waals surface area contributed by atoms with Gasteiger partial charge in [0.05, 0.1) is 5.71 Å². The summed E-state index contributed by atoms with van der Waals surface area (Å²) in [5, 5.41) is 4.94. The Hall–Kier alpha value is -1.91. The van der Waals surface area contributed by atoms with Crippen LogP contribution in [0.3, 0.4) is 0 Å². The van der Waals surface area contributed by atoms with E-state index >= 15 is 0 Å². The quantitative estimate of drug-likeness (QED) is 0.569. The lowest BCUT2D eigenvalue weighted by molar-refractivity contribution is 0.205. The van der Waals surface area contributed by atoms with Crippen molar-refractivity contribution in [3.63, 3.8) is 0 Å². The third-order valence-corrected chi connectivity index (χ3v) is 4.99. The van der Waals surface area contributed by atoms with Gasteiger partial charge in [-0.15, -0.1) is 0 Å². The summed E-state index contributed by atoms with van der Waals surface area (Å²) in [5.41, 5.74) is 3.26. The number of oxime groups is 1. The molecule has 5 heteroatoms. The lowest BCUT2D eigenvalue weighted by atomic mass is 9.93. The summed E-state index contributed by atoms with van der Waals surface area (Å²) in [4.78, 5) is 12.0. The fourth-order valence-electron chi connectivity index (χ4n) is 3.33. The average Bonchev–Trinajstić information content (AvgIpc) is 2.67. The number of hydrogen-bond donors (Lipinski definition) is 0. The predicted molar refractivity (Wildman–Crippen MR) is 102 cm³/mol. The van der Waals surface area contributed by atoms with Crippen molar-refractivity contribution in [3.05, 3.63) is 64.9 Å². The smallest absolute Gasteiger partial charge is 0.106 e. The Bertz CT molecular complexity index is 680. The van der Waals surface area contributed by atoms with E-state index in [9.17, 15) is 0 Å². The Labute approximate surface area is 154 Å². The highest BCUT2D eigenvalue weighted by molar-refractivity contribution is 6.30. The highest BCUT2D eigenvalue weighted by Gasteiger charge is 2.21. The minimum atomic E-state index is 0.584. The molecule has 1 aliphatic heterocycles. The topological polar surface area (TPSA) is 37.7 Å². The van der Waals surface area contributed by atoms with Crippen LogP contribution >= 0.6 is 11.6 Å². The summed E-state index contributed by atoms with van der Waals surface area (Å²) < 4.78 is 0. The summed E-state index contributed by atoms with van der Waals surface area (Å²) in [6.45, 7) is 3.18. The van der Waals surface area contributed by atoms with Crippen molar-refractivity contribution in [3.8, 4) is 0 Å². The van der Waals surface area contributed by atoms with Crippen LogP contribution < -0.4 is 0 Å². The van der Waals surface area contributed by atoms with Gasteiger partial charge in [-0.05, 0) is 55.8 Å². The van der Waals surface area contributed by atoms with Gasteiger partial charge in [0.1, 0.15) is 7.11 Å². The molecule has 0 N–H and O–H groups in total. The van der Waals surface area contributed by atoms with Crippen molar-refractivity contribution in [2.24, 2.45) is 5.16 Å². The van der Waals surface area contributed by atoms with Gasteiger partial charge >= 0.3 is 0 Å². The molecule has 1 saturated heterocycles. The highest BCUT2D eigenvalue weighted by Crippen LogP contribution is 2.26. The van der Waals surface area contributed by atoms with Gasteiger partial charge < -0.3 is 9.74 Å². The molecule has 1 aromatic heterocycles. The van der Waals surface area contributed by atoms with Gasteiger partial charge in [0, 0.05) is 35.8 Å². The molecule has 0 saturated carbocycles. The standard InChI is InChI=1S/C20H24ClN3O/c1-25-23-20(16-5-7-18(21)8-6-16)11-15-24-13-9-17(10-14-24)19-4-2-3-12-22-19/h2-8,12,17H,9-11,13-15H2,1H3/b23-20-. The largest absolute Gasteiger partial charge is 0.399 e. The molecule has 0 bridgehead atoms. The molecule has 1 fully saturated rings. The van der Waals surface area contributed by atoms with Gasteiger partial charge in [-0.1, -0.05) is 35.0 Å². The maximum atomic E-state index is 5.97. The van der Waals surface area contributed by atoms with Crippen molar-refractivity contribution in [1.29, 1.82) is 0 Å². The van der Waals surface area contributed by atoms with Crippen LogP contribution in [0.4, 0.5) is 0 Å². The number of halogens is 1. The second kappa shape index (κ2) is 8.97. The number of hydrogen-bond acceptors (Lipinski definition) is 4. The van der Waals surface area contributed by atoms with Crippen LogP contribution in [-0.2, 0) is 4.84 Å². The number of nitrogens with zero attached hydrogens (tertiary/aromatic N) is 3.